The molecule has 0 radical (unpaired) electrons. The Morgan fingerprint density at radius 1 is 0.917 bits per heavy atom. The number of carbonyl (C=O) groups is 3. The van der Waals surface area contributed by atoms with E-state index in [1.54, 1.807) is 34.1 Å². The second-order valence-electron chi connectivity index (χ2n) is 9.15. The third kappa shape index (κ3) is 11.2. The summed E-state index contributed by atoms with van der Waals surface area (Å²) >= 11 is 0. The lowest BCUT2D eigenvalue weighted by Gasteiger charge is -2.40. The number of hydrogen-bond acceptors (Lipinski definition) is 9. The number of nitrogens with one attached hydrogen (secondary N) is 1. The molecule has 1 heterocycles. The highest BCUT2D eigenvalue weighted by Crippen LogP contribution is 2.15. The summed E-state index contributed by atoms with van der Waals surface area (Å²) in [6.45, 7) is 2.41. The van der Waals surface area contributed by atoms with Crippen LogP contribution in [0.1, 0.15) is 0 Å². The van der Waals surface area contributed by atoms with Crippen LogP contribution in [-0.4, -0.2) is 144 Å². The zero-order chi connectivity index (χ0) is 26.6. The monoisotopic (exact) mass is 512 g/mol. The maximum absolute atomic E-state index is 11.8. The van der Waals surface area contributed by atoms with Crippen molar-refractivity contribution < 1.29 is 44.0 Å². The Morgan fingerprint density at radius 2 is 1.53 bits per heavy atom. The summed E-state index contributed by atoms with van der Waals surface area (Å²) in [6.07, 6.45) is -0.964. The van der Waals surface area contributed by atoms with Crippen LogP contribution in [0.5, 0.6) is 5.75 Å². The number of nitrogen functional groups attached to an aromatic ring is 1. The van der Waals surface area contributed by atoms with E-state index in [4.69, 9.17) is 15.6 Å². The van der Waals surface area contributed by atoms with E-state index < -0.39 is 24.0 Å². The quantitative estimate of drug-likeness (QED) is 0.146. The van der Waals surface area contributed by atoms with E-state index >= 15 is 0 Å². The molecular weight excluding hydrogens is 474 g/mol. The molecule has 0 aromatic heterocycles. The summed E-state index contributed by atoms with van der Waals surface area (Å²) in [5.41, 5.74) is 6.26. The maximum Gasteiger partial charge on any atom is 0.359 e. The number of nitrogens with two attached hydrogens (primary N) is 1. The minimum atomic E-state index is -1.03. The number of aliphatic carboxylic acids is 3. The van der Waals surface area contributed by atoms with Crippen LogP contribution in [0.15, 0.2) is 24.3 Å². The van der Waals surface area contributed by atoms with Gasteiger partial charge < -0.3 is 40.7 Å². The molecule has 0 saturated carbocycles. The minimum Gasteiger partial charge on any atom is -0.491 e. The normalized spacial score (nSPS) is 21.6. The minimum absolute atomic E-state index is 0.0313. The van der Waals surface area contributed by atoms with Gasteiger partial charge in [0.05, 0.1) is 26.2 Å². The molecule has 202 valence electrons. The van der Waals surface area contributed by atoms with Crippen LogP contribution >= 0.6 is 0 Å². The van der Waals surface area contributed by atoms with Crippen LogP contribution in [0.25, 0.3) is 0 Å². The molecule has 0 aliphatic carbocycles. The van der Waals surface area contributed by atoms with Crippen LogP contribution in [0.2, 0.25) is 0 Å². The van der Waals surface area contributed by atoms with E-state index in [0.29, 0.717) is 57.3 Å². The molecule has 1 aromatic rings. The summed E-state index contributed by atoms with van der Waals surface area (Å²) in [7, 11) is 0. The van der Waals surface area contributed by atoms with E-state index in [2.05, 4.69) is 5.32 Å². The number of aliphatic hydroxyl groups is 1. The fraction of sp³-hybridized carbons (Fsp3) is 0.609. The molecule has 2 unspecified atom stereocenters. The Bertz CT molecular complexity index is 855. The third-order valence-corrected chi connectivity index (χ3v) is 6.10. The molecule has 1 aliphatic rings. The third-order valence-electron chi connectivity index (χ3n) is 6.10. The van der Waals surface area contributed by atoms with Crippen molar-refractivity contribution in [3.05, 3.63) is 24.3 Å². The van der Waals surface area contributed by atoms with Gasteiger partial charge >= 0.3 is 17.9 Å². The van der Waals surface area contributed by atoms with Gasteiger partial charge in [0.2, 0.25) is 0 Å². The largest absolute Gasteiger partial charge is 0.491 e. The Kier molecular flexibility index (Phi) is 11.8. The topological polar surface area (TPSA) is 186 Å². The lowest BCUT2D eigenvalue weighted by molar-refractivity contribution is -0.922. The Balaban J connectivity index is 2.14. The van der Waals surface area contributed by atoms with Gasteiger partial charge in [-0.15, -0.1) is 0 Å². The number of carboxylic acids is 3. The van der Waals surface area contributed by atoms with Crippen molar-refractivity contribution in [2.45, 2.75) is 6.10 Å². The molecule has 0 amide bonds. The highest BCUT2D eigenvalue weighted by molar-refractivity contribution is 5.69. The van der Waals surface area contributed by atoms with Gasteiger partial charge in [-0.05, 0) is 24.3 Å². The van der Waals surface area contributed by atoms with Crippen LogP contribution < -0.4 is 15.8 Å². The summed E-state index contributed by atoms with van der Waals surface area (Å²) in [5, 5.41) is 42.2. The van der Waals surface area contributed by atoms with E-state index in [0.717, 1.165) is 0 Å². The Labute approximate surface area is 210 Å². The molecule has 13 nitrogen and oxygen atoms in total. The number of hydrogen-bond donors (Lipinski definition) is 6. The van der Waals surface area contributed by atoms with Gasteiger partial charge in [-0.25, -0.2) is 4.79 Å². The smallest absolute Gasteiger partial charge is 0.359 e. The fourth-order valence-corrected chi connectivity index (χ4v) is 4.30. The van der Waals surface area contributed by atoms with Gasteiger partial charge in [-0.3, -0.25) is 19.4 Å². The lowest BCUT2D eigenvalue weighted by Crippen LogP contribution is -2.61. The molecular formula is C23H38N5O8+. The average molecular weight is 513 g/mol. The van der Waals surface area contributed by atoms with Crippen LogP contribution in [0.3, 0.4) is 0 Å². The summed E-state index contributed by atoms with van der Waals surface area (Å²) < 4.78 is 5.68. The maximum atomic E-state index is 11.8. The van der Waals surface area contributed by atoms with Crippen molar-refractivity contribution >= 4 is 23.6 Å². The van der Waals surface area contributed by atoms with Crippen LogP contribution in [0.4, 0.5) is 5.69 Å². The highest BCUT2D eigenvalue weighted by atomic mass is 16.5. The van der Waals surface area contributed by atoms with E-state index in [1.165, 1.54) is 0 Å². The molecule has 7 N–H and O–H groups in total. The summed E-state index contributed by atoms with van der Waals surface area (Å²) in [5.74, 6) is -2.48. The Hall–Kier alpha value is -2.97. The zero-order valence-corrected chi connectivity index (χ0v) is 20.4. The standard InChI is InChI=1S/C23H37N5O8/c24-18-1-3-20(4-2-18)36-17-19(29)15-28(16-23(34)35)11-6-25-5-7-26(13-21(30)31)8-9-27(10-12-28)14-22(32)33/h1-4,19,25,29H,5-17,24H2,(H2-,30,31,32,33,34,35)/p+1. The number of ether oxygens (including phenoxy) is 1. The molecule has 1 aliphatic heterocycles. The summed E-state index contributed by atoms with van der Waals surface area (Å²) in [6, 6.07) is 6.72. The summed E-state index contributed by atoms with van der Waals surface area (Å²) in [4.78, 5) is 37.9. The molecule has 0 spiro atoms. The number of quaternary nitrogens is 1. The molecule has 13 heteroatoms. The predicted molar refractivity (Wildman–Crippen MR) is 131 cm³/mol. The van der Waals surface area contributed by atoms with E-state index in [-0.39, 0.29) is 43.8 Å². The first-order chi connectivity index (χ1) is 17.1. The average Bonchev–Trinajstić information content (AvgIpc) is 2.78. The van der Waals surface area contributed by atoms with Crippen molar-refractivity contribution in [1.82, 2.24) is 15.1 Å². The van der Waals surface area contributed by atoms with Gasteiger partial charge in [-0.1, -0.05) is 0 Å². The van der Waals surface area contributed by atoms with Gasteiger partial charge in [0.25, 0.3) is 0 Å². The predicted octanol–water partition coefficient (Wildman–Crippen LogP) is -1.71. The number of nitrogens with zero attached hydrogens (tertiary/aromatic N) is 3. The number of carboxylic acid groups (broad SMARTS) is 3. The Morgan fingerprint density at radius 3 is 2.11 bits per heavy atom. The number of anilines is 1. The first-order valence-corrected chi connectivity index (χ1v) is 11.9. The van der Waals surface area contributed by atoms with Gasteiger partial charge in [0, 0.05) is 45.0 Å². The van der Waals surface area contributed by atoms with Crippen molar-refractivity contribution in [2.24, 2.45) is 0 Å². The van der Waals surface area contributed by atoms with E-state index in [9.17, 15) is 29.7 Å². The molecule has 1 aromatic carbocycles. The number of rotatable bonds is 11. The van der Waals surface area contributed by atoms with Crippen LogP contribution in [0, 0.1) is 0 Å². The first-order valence-electron chi connectivity index (χ1n) is 11.9. The molecule has 36 heavy (non-hydrogen) atoms. The number of aliphatic hydroxyl groups excluding tert-OH is 1. The first kappa shape index (κ1) is 29.3. The van der Waals surface area contributed by atoms with Gasteiger partial charge in [0.15, 0.2) is 6.54 Å². The fourth-order valence-electron chi connectivity index (χ4n) is 4.30. The second kappa shape index (κ2) is 14.6. The SMILES string of the molecule is Nc1ccc(OCC(O)C[N+]2(CC(=O)O)CCNCCN(CC(=O)O)CCN(CC(=O)O)CC2)cc1. The number of benzene rings is 1. The molecule has 2 atom stereocenters. The van der Waals surface area contributed by atoms with Gasteiger partial charge in [-0.2, -0.15) is 0 Å². The van der Waals surface area contributed by atoms with Crippen LogP contribution in [-0.2, 0) is 14.4 Å². The molecule has 2 rings (SSSR count). The van der Waals surface area contributed by atoms with Crippen molar-refractivity contribution in [3.63, 3.8) is 0 Å². The van der Waals surface area contributed by atoms with Crippen molar-refractivity contribution in [1.29, 1.82) is 0 Å². The second-order valence-corrected chi connectivity index (χ2v) is 9.15. The van der Waals surface area contributed by atoms with E-state index in [1.807, 2.05) is 0 Å². The molecule has 0 bridgehead atoms. The highest BCUT2D eigenvalue weighted by Gasteiger charge is 2.34. The molecule has 1 saturated heterocycles. The zero-order valence-electron chi connectivity index (χ0n) is 20.4. The molecule has 1 fully saturated rings. The lowest BCUT2D eigenvalue weighted by atomic mass is 10.2. The van der Waals surface area contributed by atoms with Crippen molar-refractivity contribution in [2.75, 3.05) is 90.9 Å². The van der Waals surface area contributed by atoms with Crippen molar-refractivity contribution in [3.8, 4) is 5.75 Å². The van der Waals surface area contributed by atoms with Gasteiger partial charge in [0.1, 0.15) is 25.0 Å².